The summed E-state index contributed by atoms with van der Waals surface area (Å²) in [4.78, 5) is 26.9. The lowest BCUT2D eigenvalue weighted by atomic mass is 10.0. The summed E-state index contributed by atoms with van der Waals surface area (Å²) in [5.41, 5.74) is 7.75. The molecule has 30 heavy (non-hydrogen) atoms. The maximum Gasteiger partial charge on any atom is 0.254 e. The van der Waals surface area contributed by atoms with Crippen molar-refractivity contribution in [2.75, 3.05) is 0 Å². The van der Waals surface area contributed by atoms with Gasteiger partial charge in [-0.15, -0.1) is 0 Å². The first-order valence-corrected chi connectivity index (χ1v) is 9.67. The summed E-state index contributed by atoms with van der Waals surface area (Å²) < 4.78 is 28.3. The number of hydrogen-bond donors (Lipinski definition) is 1. The molecule has 2 N–H and O–H groups in total. The molecule has 2 amide bonds. The molecule has 4 nitrogen and oxygen atoms in total. The van der Waals surface area contributed by atoms with Gasteiger partial charge in [0.15, 0.2) is 0 Å². The Bertz CT molecular complexity index is 1120. The minimum absolute atomic E-state index is 0.0923. The summed E-state index contributed by atoms with van der Waals surface area (Å²) in [6.45, 7) is 0.0923. The highest BCUT2D eigenvalue weighted by molar-refractivity contribution is 5.96. The second kappa shape index (κ2) is 8.06. The zero-order valence-electron chi connectivity index (χ0n) is 16.1. The first-order valence-electron chi connectivity index (χ1n) is 9.67. The van der Waals surface area contributed by atoms with Crippen LogP contribution in [0.4, 0.5) is 8.78 Å². The molecule has 0 saturated heterocycles. The van der Waals surface area contributed by atoms with Crippen molar-refractivity contribution < 1.29 is 18.4 Å². The third-order valence-corrected chi connectivity index (χ3v) is 5.50. The van der Waals surface area contributed by atoms with Crippen LogP contribution in [0.15, 0.2) is 66.7 Å². The number of hydrogen-bond acceptors (Lipinski definition) is 2. The zero-order valence-corrected chi connectivity index (χ0v) is 16.1. The monoisotopic (exact) mass is 406 g/mol. The predicted octanol–water partition coefficient (Wildman–Crippen LogP) is 4.39. The molecule has 0 aliphatic heterocycles. The number of nitrogens with two attached hydrogens (primary N) is 1. The van der Waals surface area contributed by atoms with Gasteiger partial charge in [-0.2, -0.15) is 0 Å². The van der Waals surface area contributed by atoms with Crippen LogP contribution in [-0.2, 0) is 13.0 Å². The maximum atomic E-state index is 14.3. The standard InChI is InChI=1S/C24H20F2N2O2/c25-17-12-20-19(21(26)13-17)10-11-22(20)28(24(30)15-6-2-1-3-7-15)14-16-8-4-5-9-18(16)23(27)29/h1-9,12-13,22H,10-11,14H2,(H2,27,29)/t22-/m1/s1. The fourth-order valence-corrected chi connectivity index (χ4v) is 4.10. The van der Waals surface area contributed by atoms with Crippen LogP contribution >= 0.6 is 0 Å². The van der Waals surface area contributed by atoms with Crippen LogP contribution in [0.5, 0.6) is 0 Å². The van der Waals surface area contributed by atoms with Gasteiger partial charge in [-0.1, -0.05) is 36.4 Å². The van der Waals surface area contributed by atoms with E-state index in [1.807, 2.05) is 0 Å². The van der Waals surface area contributed by atoms with E-state index in [0.29, 0.717) is 40.7 Å². The van der Waals surface area contributed by atoms with E-state index < -0.39 is 23.6 Å². The van der Waals surface area contributed by atoms with Gasteiger partial charge < -0.3 is 10.6 Å². The molecule has 0 spiro atoms. The van der Waals surface area contributed by atoms with E-state index in [2.05, 4.69) is 0 Å². The molecule has 1 aliphatic rings. The average molecular weight is 406 g/mol. The second-order valence-electron chi connectivity index (χ2n) is 7.33. The Kier molecular flexibility index (Phi) is 5.31. The SMILES string of the molecule is NC(=O)c1ccccc1CN(C(=O)c1ccccc1)[C@@H]1CCc2c(F)cc(F)cc21. The van der Waals surface area contributed by atoms with E-state index in [0.717, 1.165) is 6.07 Å². The maximum absolute atomic E-state index is 14.3. The van der Waals surface area contributed by atoms with Gasteiger partial charge in [0.2, 0.25) is 5.91 Å². The average Bonchev–Trinajstić information content (AvgIpc) is 3.16. The number of carbonyl (C=O) groups is 2. The van der Waals surface area contributed by atoms with Gasteiger partial charge in [-0.05, 0) is 53.8 Å². The van der Waals surface area contributed by atoms with Gasteiger partial charge in [0.1, 0.15) is 11.6 Å². The number of carbonyl (C=O) groups excluding carboxylic acids is 2. The van der Waals surface area contributed by atoms with Gasteiger partial charge in [-0.25, -0.2) is 8.78 Å². The van der Waals surface area contributed by atoms with E-state index >= 15 is 0 Å². The number of halogens is 2. The van der Waals surface area contributed by atoms with Crippen molar-refractivity contribution in [1.29, 1.82) is 0 Å². The first-order chi connectivity index (χ1) is 14.5. The van der Waals surface area contributed by atoms with Gasteiger partial charge in [0, 0.05) is 23.7 Å². The molecule has 4 rings (SSSR count). The number of amides is 2. The number of rotatable bonds is 5. The molecule has 3 aromatic carbocycles. The smallest absolute Gasteiger partial charge is 0.254 e. The topological polar surface area (TPSA) is 63.4 Å². The van der Waals surface area contributed by atoms with Crippen LogP contribution in [-0.4, -0.2) is 16.7 Å². The molecule has 3 aromatic rings. The van der Waals surface area contributed by atoms with E-state index in [-0.39, 0.29) is 12.5 Å². The number of fused-ring (bicyclic) bond motifs is 1. The predicted molar refractivity (Wildman–Crippen MR) is 109 cm³/mol. The Morgan fingerprint density at radius 1 is 1.00 bits per heavy atom. The second-order valence-corrected chi connectivity index (χ2v) is 7.33. The van der Waals surface area contributed by atoms with E-state index in [4.69, 9.17) is 5.73 Å². The minimum Gasteiger partial charge on any atom is -0.366 e. The Balaban J connectivity index is 1.79. The quantitative estimate of drug-likeness (QED) is 0.683. The number of nitrogens with zero attached hydrogens (tertiary/aromatic N) is 1. The lowest BCUT2D eigenvalue weighted by Crippen LogP contribution is -2.34. The van der Waals surface area contributed by atoms with Gasteiger partial charge in [0.25, 0.3) is 5.91 Å². The van der Waals surface area contributed by atoms with Crippen LogP contribution in [0.3, 0.4) is 0 Å². The summed E-state index contributed by atoms with van der Waals surface area (Å²) in [6, 6.07) is 17.1. The summed E-state index contributed by atoms with van der Waals surface area (Å²) >= 11 is 0. The molecule has 0 radical (unpaired) electrons. The number of benzene rings is 3. The molecular formula is C24H20F2N2O2. The van der Waals surface area contributed by atoms with Crippen LogP contribution in [0.25, 0.3) is 0 Å². The van der Waals surface area contributed by atoms with Crippen LogP contribution in [0.1, 0.15) is 49.9 Å². The van der Waals surface area contributed by atoms with E-state index in [1.165, 1.54) is 6.07 Å². The van der Waals surface area contributed by atoms with Gasteiger partial charge in [0.05, 0.1) is 6.04 Å². The van der Waals surface area contributed by atoms with E-state index in [9.17, 15) is 18.4 Å². The van der Waals surface area contributed by atoms with Crippen molar-refractivity contribution in [3.63, 3.8) is 0 Å². The molecule has 0 unspecified atom stereocenters. The van der Waals surface area contributed by atoms with Crippen LogP contribution in [0.2, 0.25) is 0 Å². The number of primary amides is 1. The van der Waals surface area contributed by atoms with Crippen molar-refractivity contribution in [3.8, 4) is 0 Å². The molecule has 0 fully saturated rings. The molecule has 0 saturated carbocycles. The van der Waals surface area contributed by atoms with Crippen molar-refractivity contribution in [3.05, 3.63) is 106 Å². The molecule has 1 aliphatic carbocycles. The fourth-order valence-electron chi connectivity index (χ4n) is 4.10. The Morgan fingerprint density at radius 3 is 2.43 bits per heavy atom. The van der Waals surface area contributed by atoms with Crippen molar-refractivity contribution in [1.82, 2.24) is 4.90 Å². The Hall–Kier alpha value is -3.54. The highest BCUT2D eigenvalue weighted by Crippen LogP contribution is 2.39. The normalized spacial score (nSPS) is 14.9. The van der Waals surface area contributed by atoms with Gasteiger partial charge >= 0.3 is 0 Å². The first kappa shape index (κ1) is 19.8. The fraction of sp³-hybridized carbons (Fsp3) is 0.167. The lowest BCUT2D eigenvalue weighted by molar-refractivity contribution is 0.0656. The lowest BCUT2D eigenvalue weighted by Gasteiger charge is -2.31. The molecule has 0 bridgehead atoms. The summed E-state index contributed by atoms with van der Waals surface area (Å²) in [5.74, 6) is -2.15. The molecule has 152 valence electrons. The van der Waals surface area contributed by atoms with Gasteiger partial charge in [-0.3, -0.25) is 9.59 Å². The molecule has 0 heterocycles. The summed E-state index contributed by atoms with van der Waals surface area (Å²) in [5, 5.41) is 0. The minimum atomic E-state index is -0.678. The van der Waals surface area contributed by atoms with Crippen molar-refractivity contribution >= 4 is 11.8 Å². The third-order valence-electron chi connectivity index (χ3n) is 5.50. The summed E-state index contributed by atoms with van der Waals surface area (Å²) in [6.07, 6.45) is 0.870. The molecular weight excluding hydrogens is 386 g/mol. The zero-order chi connectivity index (χ0) is 21.3. The third kappa shape index (κ3) is 3.68. The van der Waals surface area contributed by atoms with Crippen LogP contribution < -0.4 is 5.73 Å². The van der Waals surface area contributed by atoms with Crippen molar-refractivity contribution in [2.24, 2.45) is 5.73 Å². The van der Waals surface area contributed by atoms with Crippen LogP contribution in [0, 0.1) is 11.6 Å². The summed E-state index contributed by atoms with van der Waals surface area (Å²) in [7, 11) is 0. The molecule has 0 aromatic heterocycles. The van der Waals surface area contributed by atoms with E-state index in [1.54, 1.807) is 59.5 Å². The van der Waals surface area contributed by atoms with Crippen molar-refractivity contribution in [2.45, 2.75) is 25.4 Å². The highest BCUT2D eigenvalue weighted by atomic mass is 19.1. The molecule has 1 atom stereocenters. The highest BCUT2D eigenvalue weighted by Gasteiger charge is 2.34. The largest absolute Gasteiger partial charge is 0.366 e. The Labute approximate surface area is 172 Å². The molecule has 6 heteroatoms. The Morgan fingerprint density at radius 2 is 1.70 bits per heavy atom.